The normalized spacial score (nSPS) is 12.8. The summed E-state index contributed by atoms with van der Waals surface area (Å²) in [5, 5.41) is 10.3. The Bertz CT molecular complexity index is 487. The maximum Gasteiger partial charge on any atom is 0.113 e. The number of thiophene rings is 1. The second-order valence-corrected chi connectivity index (χ2v) is 6.39. The van der Waals surface area contributed by atoms with Crippen molar-refractivity contribution in [2.75, 3.05) is 0 Å². The van der Waals surface area contributed by atoms with E-state index in [0.29, 0.717) is 0 Å². The summed E-state index contributed by atoms with van der Waals surface area (Å²) in [5.74, 6) is 0. The molecule has 0 aliphatic heterocycles. The van der Waals surface area contributed by atoms with Crippen molar-refractivity contribution < 1.29 is 5.11 Å². The summed E-state index contributed by atoms with van der Waals surface area (Å²) in [6.07, 6.45) is -0.490. The second-order valence-electron chi connectivity index (χ2n) is 3.86. The van der Waals surface area contributed by atoms with Gasteiger partial charge in [0.25, 0.3) is 0 Å². The van der Waals surface area contributed by atoms with Gasteiger partial charge < -0.3 is 5.11 Å². The van der Waals surface area contributed by atoms with E-state index in [1.54, 1.807) is 11.3 Å². The van der Waals surface area contributed by atoms with E-state index in [2.05, 4.69) is 42.5 Å². The third-order valence-electron chi connectivity index (χ3n) is 2.51. The minimum Gasteiger partial charge on any atom is -0.383 e. The van der Waals surface area contributed by atoms with Crippen LogP contribution in [0.25, 0.3) is 0 Å². The van der Waals surface area contributed by atoms with Crippen molar-refractivity contribution in [2.45, 2.75) is 20.0 Å². The molecule has 0 spiro atoms. The number of aliphatic hydroxyl groups excluding tert-OH is 1. The lowest BCUT2D eigenvalue weighted by atomic mass is 10.1. The molecule has 0 saturated heterocycles. The summed E-state index contributed by atoms with van der Waals surface area (Å²) in [5.41, 5.74) is 2.14. The summed E-state index contributed by atoms with van der Waals surface area (Å²) < 4.78 is 1.19. The van der Waals surface area contributed by atoms with E-state index in [-0.39, 0.29) is 0 Å². The van der Waals surface area contributed by atoms with Crippen LogP contribution < -0.4 is 0 Å². The molecular formula is C13H13IOS. The number of halogens is 1. The fourth-order valence-corrected chi connectivity index (χ4v) is 3.14. The van der Waals surface area contributed by atoms with Crippen LogP contribution in [0.5, 0.6) is 0 Å². The molecule has 2 rings (SSSR count). The average molecular weight is 344 g/mol. The minimum absolute atomic E-state index is 0.490. The molecule has 0 aliphatic rings. The molecule has 2 aromatic rings. The Morgan fingerprint density at radius 3 is 2.31 bits per heavy atom. The van der Waals surface area contributed by atoms with Crippen LogP contribution in [0.1, 0.15) is 27.0 Å². The molecule has 0 aliphatic carbocycles. The number of rotatable bonds is 2. The Labute approximate surface area is 113 Å². The van der Waals surface area contributed by atoms with Crippen LogP contribution in [-0.4, -0.2) is 5.11 Å². The van der Waals surface area contributed by atoms with E-state index >= 15 is 0 Å². The highest BCUT2D eigenvalue weighted by Gasteiger charge is 2.15. The van der Waals surface area contributed by atoms with Gasteiger partial charge in [0.1, 0.15) is 6.10 Å². The summed E-state index contributed by atoms with van der Waals surface area (Å²) in [7, 11) is 0. The lowest BCUT2D eigenvalue weighted by molar-refractivity contribution is 0.223. The Morgan fingerprint density at radius 2 is 1.81 bits per heavy atom. The van der Waals surface area contributed by atoms with Gasteiger partial charge in [-0.05, 0) is 65.8 Å². The monoisotopic (exact) mass is 344 g/mol. The Morgan fingerprint density at radius 1 is 1.19 bits per heavy atom. The molecule has 0 radical (unpaired) electrons. The highest BCUT2D eigenvalue weighted by molar-refractivity contribution is 14.1. The first-order valence-corrected chi connectivity index (χ1v) is 6.98. The van der Waals surface area contributed by atoms with Gasteiger partial charge in [0.15, 0.2) is 0 Å². The Kier molecular flexibility index (Phi) is 3.66. The molecule has 0 saturated carbocycles. The van der Waals surface area contributed by atoms with Gasteiger partial charge in [-0.25, -0.2) is 0 Å². The van der Waals surface area contributed by atoms with Gasteiger partial charge >= 0.3 is 0 Å². The molecule has 0 bridgehead atoms. The summed E-state index contributed by atoms with van der Waals surface area (Å²) in [4.78, 5) is 2.30. The van der Waals surface area contributed by atoms with Gasteiger partial charge in [0.2, 0.25) is 0 Å². The Balaban J connectivity index is 2.35. The predicted molar refractivity (Wildman–Crippen MR) is 77.0 cm³/mol. The fraction of sp³-hybridized carbons (Fsp3) is 0.231. The van der Waals surface area contributed by atoms with Crippen LogP contribution in [0.3, 0.4) is 0 Å². The molecule has 1 aromatic carbocycles. The van der Waals surface area contributed by atoms with E-state index in [0.717, 1.165) is 10.4 Å². The van der Waals surface area contributed by atoms with E-state index in [4.69, 9.17) is 0 Å². The number of hydrogen-bond donors (Lipinski definition) is 1. The first-order valence-electron chi connectivity index (χ1n) is 5.08. The fourth-order valence-electron chi connectivity index (χ4n) is 1.73. The number of aryl methyl sites for hydroxylation is 2. The van der Waals surface area contributed by atoms with Gasteiger partial charge in [0.05, 0.1) is 0 Å². The van der Waals surface area contributed by atoms with Gasteiger partial charge in [-0.1, -0.05) is 12.1 Å². The standard InChI is InChI=1S/C13H13IOS/c1-8-7-9(2)16-13(8)12(15)10-3-5-11(14)6-4-10/h3-7,12,15H,1-2H3. The van der Waals surface area contributed by atoms with Gasteiger partial charge in [-0.2, -0.15) is 0 Å². The molecule has 0 amide bonds. The molecule has 1 heterocycles. The smallest absolute Gasteiger partial charge is 0.113 e. The van der Waals surface area contributed by atoms with E-state index < -0.39 is 6.10 Å². The molecular weight excluding hydrogens is 331 g/mol. The maximum atomic E-state index is 10.3. The number of aliphatic hydroxyl groups is 1. The molecule has 1 nitrogen and oxygen atoms in total. The molecule has 3 heteroatoms. The summed E-state index contributed by atoms with van der Waals surface area (Å²) in [6.45, 7) is 4.12. The molecule has 1 atom stereocenters. The van der Waals surface area contributed by atoms with E-state index in [9.17, 15) is 5.11 Å². The first-order chi connectivity index (χ1) is 7.58. The molecule has 84 valence electrons. The quantitative estimate of drug-likeness (QED) is 0.815. The van der Waals surface area contributed by atoms with Crippen LogP contribution in [0.15, 0.2) is 30.3 Å². The molecule has 1 unspecified atom stereocenters. The summed E-state index contributed by atoms with van der Waals surface area (Å²) >= 11 is 3.94. The molecule has 16 heavy (non-hydrogen) atoms. The molecule has 1 aromatic heterocycles. The van der Waals surface area contributed by atoms with E-state index in [1.165, 1.54) is 14.0 Å². The largest absolute Gasteiger partial charge is 0.383 e. The third kappa shape index (κ3) is 2.47. The molecule has 0 fully saturated rings. The van der Waals surface area contributed by atoms with Gasteiger partial charge in [0, 0.05) is 13.3 Å². The van der Waals surface area contributed by atoms with Crippen LogP contribution in [-0.2, 0) is 0 Å². The topological polar surface area (TPSA) is 20.2 Å². The zero-order valence-electron chi connectivity index (χ0n) is 9.20. The van der Waals surface area contributed by atoms with E-state index in [1.807, 2.05) is 24.3 Å². The lowest BCUT2D eigenvalue weighted by Crippen LogP contribution is -1.98. The zero-order valence-corrected chi connectivity index (χ0v) is 12.2. The first kappa shape index (κ1) is 12.1. The van der Waals surface area contributed by atoms with Crippen LogP contribution >= 0.6 is 33.9 Å². The highest BCUT2D eigenvalue weighted by Crippen LogP contribution is 2.31. The van der Waals surface area contributed by atoms with Crippen molar-refractivity contribution in [1.82, 2.24) is 0 Å². The SMILES string of the molecule is Cc1cc(C)c(C(O)c2ccc(I)cc2)s1. The van der Waals surface area contributed by atoms with Crippen molar-refractivity contribution >= 4 is 33.9 Å². The maximum absolute atomic E-state index is 10.3. The van der Waals surface area contributed by atoms with Crippen molar-refractivity contribution in [1.29, 1.82) is 0 Å². The third-order valence-corrected chi connectivity index (χ3v) is 4.44. The average Bonchev–Trinajstić information content (AvgIpc) is 2.58. The number of hydrogen-bond acceptors (Lipinski definition) is 2. The second kappa shape index (κ2) is 4.85. The van der Waals surface area contributed by atoms with Crippen LogP contribution in [0.4, 0.5) is 0 Å². The van der Waals surface area contributed by atoms with Gasteiger partial charge in [-0.3, -0.25) is 0 Å². The highest BCUT2D eigenvalue weighted by atomic mass is 127. The lowest BCUT2D eigenvalue weighted by Gasteiger charge is -2.10. The van der Waals surface area contributed by atoms with Crippen LogP contribution in [0.2, 0.25) is 0 Å². The minimum atomic E-state index is -0.490. The van der Waals surface area contributed by atoms with Crippen molar-refractivity contribution in [3.8, 4) is 0 Å². The number of benzene rings is 1. The predicted octanol–water partition coefficient (Wildman–Crippen LogP) is 4.05. The van der Waals surface area contributed by atoms with Crippen molar-refractivity contribution in [2.24, 2.45) is 0 Å². The molecule has 1 N–H and O–H groups in total. The van der Waals surface area contributed by atoms with Crippen LogP contribution in [0, 0.1) is 17.4 Å². The Hall–Kier alpha value is -0.390. The van der Waals surface area contributed by atoms with Crippen molar-refractivity contribution in [3.05, 3.63) is 54.8 Å². The zero-order chi connectivity index (χ0) is 11.7. The van der Waals surface area contributed by atoms with Crippen molar-refractivity contribution in [3.63, 3.8) is 0 Å². The van der Waals surface area contributed by atoms with Gasteiger partial charge in [-0.15, -0.1) is 11.3 Å². The summed E-state index contributed by atoms with van der Waals surface area (Å²) in [6, 6.07) is 10.1.